The van der Waals surface area contributed by atoms with Crippen molar-refractivity contribution in [1.82, 2.24) is 9.97 Å². The lowest BCUT2D eigenvalue weighted by Crippen LogP contribution is -2.39. The Morgan fingerprint density at radius 3 is 2.73 bits per heavy atom. The molecule has 158 valence electrons. The summed E-state index contributed by atoms with van der Waals surface area (Å²) >= 11 is 1.50. The van der Waals surface area contributed by atoms with Crippen LogP contribution < -0.4 is 14.8 Å². The van der Waals surface area contributed by atoms with Crippen molar-refractivity contribution < 1.29 is 19.4 Å². The number of nitrogens with zero attached hydrogens (tertiary/aromatic N) is 2. The van der Waals surface area contributed by atoms with Gasteiger partial charge in [0.25, 0.3) is 0 Å². The van der Waals surface area contributed by atoms with Crippen LogP contribution in [-0.4, -0.2) is 27.1 Å². The van der Waals surface area contributed by atoms with Crippen LogP contribution in [0.3, 0.4) is 0 Å². The molecule has 7 nitrogen and oxygen atoms in total. The van der Waals surface area contributed by atoms with E-state index in [0.29, 0.717) is 17.3 Å². The lowest BCUT2D eigenvalue weighted by molar-refractivity contribution is -0.150. The number of pyridine rings is 1. The average Bonchev–Trinajstić information content (AvgIpc) is 3.09. The maximum Gasteiger partial charge on any atom is 0.345 e. The molecule has 30 heavy (non-hydrogen) atoms. The number of hydrogen-bond donors (Lipinski definition) is 2. The molecule has 0 saturated heterocycles. The molecular weight excluding hydrogens is 402 g/mol. The Morgan fingerprint density at radius 2 is 2.07 bits per heavy atom. The predicted molar refractivity (Wildman–Crippen MR) is 117 cm³/mol. The van der Waals surface area contributed by atoms with E-state index in [1.807, 2.05) is 51.3 Å². The second kappa shape index (κ2) is 9.13. The Kier molecular flexibility index (Phi) is 6.56. The average molecular weight is 428 g/mol. The Hall–Kier alpha value is -3.13. The summed E-state index contributed by atoms with van der Waals surface area (Å²) in [5.41, 5.74) is 1.25. The molecule has 1 aromatic carbocycles. The van der Waals surface area contributed by atoms with Gasteiger partial charge in [-0.3, -0.25) is 0 Å². The SMILES string of the molecule is Cc1csc(Nc2ncccc2OCc2cccc(OC(C(=O)O)C(C)(C)C)c2)n1. The van der Waals surface area contributed by atoms with E-state index in [1.165, 1.54) is 11.3 Å². The topological polar surface area (TPSA) is 93.6 Å². The highest BCUT2D eigenvalue weighted by atomic mass is 32.1. The zero-order valence-corrected chi connectivity index (χ0v) is 18.2. The van der Waals surface area contributed by atoms with E-state index in [-0.39, 0.29) is 6.61 Å². The van der Waals surface area contributed by atoms with Crippen LogP contribution in [0.15, 0.2) is 48.0 Å². The molecule has 0 bridgehead atoms. The highest BCUT2D eigenvalue weighted by molar-refractivity contribution is 7.13. The molecule has 2 heterocycles. The lowest BCUT2D eigenvalue weighted by atomic mass is 9.89. The molecule has 0 radical (unpaired) electrons. The van der Waals surface area contributed by atoms with Gasteiger partial charge in [0.05, 0.1) is 5.69 Å². The van der Waals surface area contributed by atoms with Crippen LogP contribution in [-0.2, 0) is 11.4 Å². The van der Waals surface area contributed by atoms with Gasteiger partial charge in [0, 0.05) is 17.0 Å². The molecule has 0 saturated carbocycles. The van der Waals surface area contributed by atoms with E-state index in [2.05, 4.69) is 15.3 Å². The first-order valence-corrected chi connectivity index (χ1v) is 10.4. The zero-order valence-electron chi connectivity index (χ0n) is 17.4. The summed E-state index contributed by atoms with van der Waals surface area (Å²) in [5.74, 6) is 0.668. The molecule has 1 atom stereocenters. The van der Waals surface area contributed by atoms with Crippen LogP contribution in [0.5, 0.6) is 11.5 Å². The fourth-order valence-electron chi connectivity index (χ4n) is 2.72. The molecule has 2 aromatic heterocycles. The fourth-order valence-corrected chi connectivity index (χ4v) is 3.40. The third-order valence-electron chi connectivity index (χ3n) is 4.17. The lowest BCUT2D eigenvalue weighted by Gasteiger charge is -2.27. The smallest absolute Gasteiger partial charge is 0.345 e. The summed E-state index contributed by atoms with van der Waals surface area (Å²) in [5, 5.41) is 15.4. The van der Waals surface area contributed by atoms with Gasteiger partial charge >= 0.3 is 5.97 Å². The van der Waals surface area contributed by atoms with E-state index in [1.54, 1.807) is 24.4 Å². The number of ether oxygens (including phenoxy) is 2. The molecule has 3 rings (SSSR count). The van der Waals surface area contributed by atoms with Gasteiger partial charge in [0.2, 0.25) is 0 Å². The molecule has 1 unspecified atom stereocenters. The standard InChI is InChI=1S/C22H25N3O4S/c1-14-13-30-21(24-14)25-19-17(9-6-10-23-19)28-12-15-7-5-8-16(11-15)29-18(20(26)27)22(2,3)4/h5-11,13,18H,12H2,1-4H3,(H,26,27)(H,23,24,25). The summed E-state index contributed by atoms with van der Waals surface area (Å²) in [6.07, 6.45) is 0.729. The van der Waals surface area contributed by atoms with Crippen LogP contribution in [0.25, 0.3) is 0 Å². The van der Waals surface area contributed by atoms with Crippen molar-refractivity contribution in [2.24, 2.45) is 5.41 Å². The third kappa shape index (κ3) is 5.70. The van der Waals surface area contributed by atoms with E-state index >= 15 is 0 Å². The van der Waals surface area contributed by atoms with Crippen LogP contribution in [0, 0.1) is 12.3 Å². The van der Waals surface area contributed by atoms with Crippen LogP contribution >= 0.6 is 11.3 Å². The number of benzene rings is 1. The second-order valence-electron chi connectivity index (χ2n) is 7.91. The van der Waals surface area contributed by atoms with Gasteiger partial charge in [-0.2, -0.15) is 0 Å². The second-order valence-corrected chi connectivity index (χ2v) is 8.77. The van der Waals surface area contributed by atoms with Gasteiger partial charge in [-0.05, 0) is 36.8 Å². The minimum atomic E-state index is -0.993. The maximum absolute atomic E-state index is 11.6. The first kappa shape index (κ1) is 21.6. The number of hydrogen-bond acceptors (Lipinski definition) is 7. The zero-order chi connectivity index (χ0) is 21.7. The molecular formula is C22H25N3O4S. The van der Waals surface area contributed by atoms with Crippen molar-refractivity contribution in [1.29, 1.82) is 0 Å². The summed E-state index contributed by atoms with van der Waals surface area (Å²) in [6.45, 7) is 7.71. The normalized spacial score (nSPS) is 12.3. The largest absolute Gasteiger partial charge is 0.485 e. The van der Waals surface area contributed by atoms with Crippen LogP contribution in [0.4, 0.5) is 10.9 Å². The minimum Gasteiger partial charge on any atom is -0.485 e. The predicted octanol–water partition coefficient (Wildman–Crippen LogP) is 5.05. The maximum atomic E-state index is 11.6. The van der Waals surface area contributed by atoms with Crippen LogP contribution in [0.1, 0.15) is 32.0 Å². The van der Waals surface area contributed by atoms with Crippen molar-refractivity contribution in [2.75, 3.05) is 5.32 Å². The number of aliphatic carboxylic acids is 1. The fraction of sp³-hybridized carbons (Fsp3) is 0.318. The van der Waals surface area contributed by atoms with E-state index in [4.69, 9.17) is 9.47 Å². The number of nitrogens with one attached hydrogen (secondary N) is 1. The molecule has 0 spiro atoms. The first-order valence-electron chi connectivity index (χ1n) is 9.48. The number of aromatic nitrogens is 2. The number of carboxylic acid groups (broad SMARTS) is 1. The molecule has 3 aromatic rings. The number of thiazole rings is 1. The van der Waals surface area contributed by atoms with E-state index < -0.39 is 17.5 Å². The van der Waals surface area contributed by atoms with E-state index in [9.17, 15) is 9.90 Å². The molecule has 0 aliphatic rings. The number of aryl methyl sites for hydroxylation is 1. The summed E-state index contributed by atoms with van der Waals surface area (Å²) < 4.78 is 11.7. The van der Waals surface area contributed by atoms with Crippen molar-refractivity contribution in [3.05, 3.63) is 59.2 Å². The molecule has 8 heteroatoms. The summed E-state index contributed by atoms with van der Waals surface area (Å²) in [4.78, 5) is 20.3. The quantitative estimate of drug-likeness (QED) is 0.520. The Bertz CT molecular complexity index is 1010. The monoisotopic (exact) mass is 427 g/mol. The first-order chi connectivity index (χ1) is 14.2. The van der Waals surface area contributed by atoms with Gasteiger partial charge in [-0.25, -0.2) is 14.8 Å². The highest BCUT2D eigenvalue weighted by Crippen LogP contribution is 2.29. The van der Waals surface area contributed by atoms with Crippen molar-refractivity contribution in [2.45, 2.75) is 40.4 Å². The summed E-state index contributed by atoms with van der Waals surface area (Å²) in [6, 6.07) is 10.9. The van der Waals surface area contributed by atoms with Crippen molar-refractivity contribution >= 4 is 28.3 Å². The van der Waals surface area contributed by atoms with Gasteiger partial charge in [-0.1, -0.05) is 32.9 Å². The van der Waals surface area contributed by atoms with Crippen molar-refractivity contribution in [3.63, 3.8) is 0 Å². The number of carbonyl (C=O) groups is 1. The molecule has 0 aliphatic carbocycles. The van der Waals surface area contributed by atoms with Gasteiger partial charge < -0.3 is 19.9 Å². The molecule has 2 N–H and O–H groups in total. The Morgan fingerprint density at radius 1 is 1.27 bits per heavy atom. The third-order valence-corrected chi connectivity index (χ3v) is 5.05. The van der Waals surface area contributed by atoms with Gasteiger partial charge in [0.15, 0.2) is 22.8 Å². The summed E-state index contributed by atoms with van der Waals surface area (Å²) in [7, 11) is 0. The van der Waals surface area contributed by atoms with Crippen molar-refractivity contribution in [3.8, 4) is 11.5 Å². The molecule has 0 amide bonds. The van der Waals surface area contributed by atoms with Gasteiger partial charge in [-0.15, -0.1) is 11.3 Å². The molecule has 0 fully saturated rings. The minimum absolute atomic E-state index is 0.279. The Labute approximate surface area is 179 Å². The number of rotatable bonds is 8. The number of anilines is 2. The molecule has 0 aliphatic heterocycles. The van der Waals surface area contributed by atoms with Gasteiger partial charge in [0.1, 0.15) is 12.4 Å². The Balaban J connectivity index is 1.70. The van der Waals surface area contributed by atoms with E-state index in [0.717, 1.165) is 16.4 Å². The highest BCUT2D eigenvalue weighted by Gasteiger charge is 2.33. The number of carboxylic acids is 1. The van der Waals surface area contributed by atoms with Crippen LogP contribution in [0.2, 0.25) is 0 Å².